The maximum absolute atomic E-state index is 5.53. The molecule has 0 spiro atoms. The fourth-order valence-electron chi connectivity index (χ4n) is 1.17. The molecular formula is C8H9BrN2O. The normalized spacial score (nSPS) is 15.4. The lowest BCUT2D eigenvalue weighted by Crippen LogP contribution is -2.00. The minimum atomic E-state index is 0.766. The summed E-state index contributed by atoms with van der Waals surface area (Å²) in [5, 5.41) is 3.25. The van der Waals surface area contributed by atoms with Crippen LogP contribution in [0, 0.1) is 0 Å². The predicted octanol–water partition coefficient (Wildman–Crippen LogP) is 2.04. The predicted molar refractivity (Wildman–Crippen MR) is 50.5 cm³/mol. The molecule has 2 rings (SSSR count). The monoisotopic (exact) mass is 228 g/mol. The Bertz CT molecular complexity index is 290. The van der Waals surface area contributed by atoms with Gasteiger partial charge in [0.15, 0.2) is 5.75 Å². The molecule has 2 heterocycles. The van der Waals surface area contributed by atoms with E-state index in [-0.39, 0.29) is 0 Å². The fraction of sp³-hybridized carbons (Fsp3) is 0.375. The minimum absolute atomic E-state index is 0.766. The summed E-state index contributed by atoms with van der Waals surface area (Å²) in [6.45, 7) is 1.72. The number of nitrogens with zero attached hydrogens (tertiary/aromatic N) is 1. The van der Waals surface area contributed by atoms with Gasteiger partial charge in [0.25, 0.3) is 0 Å². The second kappa shape index (κ2) is 3.31. The Kier molecular flexibility index (Phi) is 2.17. The molecule has 12 heavy (non-hydrogen) atoms. The molecule has 0 atom stereocenters. The summed E-state index contributed by atoms with van der Waals surface area (Å²) in [4.78, 5) is 4.05. The van der Waals surface area contributed by atoms with Gasteiger partial charge in [-0.1, -0.05) is 0 Å². The summed E-state index contributed by atoms with van der Waals surface area (Å²) in [6, 6.07) is 0. The van der Waals surface area contributed by atoms with Gasteiger partial charge in [0.1, 0.15) is 0 Å². The first-order chi connectivity index (χ1) is 5.88. The topological polar surface area (TPSA) is 34.1 Å². The van der Waals surface area contributed by atoms with E-state index in [9.17, 15) is 0 Å². The summed E-state index contributed by atoms with van der Waals surface area (Å²) in [5.41, 5.74) is 0.974. The summed E-state index contributed by atoms with van der Waals surface area (Å²) >= 11 is 3.39. The highest BCUT2D eigenvalue weighted by Crippen LogP contribution is 2.33. The van der Waals surface area contributed by atoms with Crippen LogP contribution < -0.4 is 10.1 Å². The van der Waals surface area contributed by atoms with Crippen LogP contribution in [0.5, 0.6) is 5.75 Å². The van der Waals surface area contributed by atoms with Crippen LogP contribution in [0.15, 0.2) is 16.9 Å². The molecule has 64 valence electrons. The molecule has 1 aromatic rings. The molecule has 1 aromatic heterocycles. The molecule has 0 unspecified atom stereocenters. The van der Waals surface area contributed by atoms with E-state index in [1.165, 1.54) is 0 Å². The van der Waals surface area contributed by atoms with Crippen LogP contribution in [-0.4, -0.2) is 18.1 Å². The van der Waals surface area contributed by atoms with E-state index >= 15 is 0 Å². The Morgan fingerprint density at radius 1 is 1.50 bits per heavy atom. The first-order valence-corrected chi connectivity index (χ1v) is 4.67. The number of rotatable bonds is 0. The van der Waals surface area contributed by atoms with Crippen LogP contribution in [0.1, 0.15) is 6.42 Å². The second-order valence-corrected chi connectivity index (χ2v) is 3.48. The average molecular weight is 229 g/mol. The lowest BCUT2D eigenvalue weighted by molar-refractivity contribution is 0.321. The van der Waals surface area contributed by atoms with Crippen LogP contribution in [-0.2, 0) is 0 Å². The van der Waals surface area contributed by atoms with E-state index in [0.717, 1.165) is 35.5 Å². The van der Waals surface area contributed by atoms with Gasteiger partial charge in [-0.3, -0.25) is 4.98 Å². The van der Waals surface area contributed by atoms with Crippen molar-refractivity contribution in [2.75, 3.05) is 18.5 Å². The number of ether oxygens (including phenoxy) is 1. The van der Waals surface area contributed by atoms with E-state index in [4.69, 9.17) is 4.74 Å². The van der Waals surface area contributed by atoms with Crippen molar-refractivity contribution in [2.24, 2.45) is 0 Å². The maximum Gasteiger partial charge on any atom is 0.159 e. The van der Waals surface area contributed by atoms with Crippen molar-refractivity contribution >= 4 is 21.6 Å². The first-order valence-electron chi connectivity index (χ1n) is 3.88. The van der Waals surface area contributed by atoms with Gasteiger partial charge < -0.3 is 10.1 Å². The van der Waals surface area contributed by atoms with Gasteiger partial charge in [-0.25, -0.2) is 0 Å². The Hall–Kier alpha value is -0.770. The third-order valence-electron chi connectivity index (χ3n) is 1.74. The largest absolute Gasteiger partial charge is 0.490 e. The zero-order valence-corrected chi connectivity index (χ0v) is 8.10. The van der Waals surface area contributed by atoms with Crippen molar-refractivity contribution in [3.05, 3.63) is 16.9 Å². The van der Waals surface area contributed by atoms with E-state index in [2.05, 4.69) is 26.2 Å². The molecule has 0 aliphatic carbocycles. The Morgan fingerprint density at radius 2 is 2.42 bits per heavy atom. The number of fused-ring (bicyclic) bond motifs is 1. The highest BCUT2D eigenvalue weighted by Gasteiger charge is 2.10. The number of hydrogen-bond acceptors (Lipinski definition) is 3. The zero-order chi connectivity index (χ0) is 8.39. The van der Waals surface area contributed by atoms with Crippen molar-refractivity contribution in [3.8, 4) is 5.75 Å². The molecular weight excluding hydrogens is 220 g/mol. The molecule has 1 aliphatic rings. The smallest absolute Gasteiger partial charge is 0.159 e. The molecule has 0 aromatic carbocycles. The first kappa shape index (κ1) is 7.86. The van der Waals surface area contributed by atoms with E-state index in [0.29, 0.717) is 0 Å². The molecule has 1 aliphatic heterocycles. The maximum atomic E-state index is 5.53. The summed E-state index contributed by atoms with van der Waals surface area (Å²) in [6.07, 6.45) is 4.55. The highest BCUT2D eigenvalue weighted by molar-refractivity contribution is 9.10. The highest BCUT2D eigenvalue weighted by atomic mass is 79.9. The third kappa shape index (κ3) is 1.39. The van der Waals surface area contributed by atoms with Crippen molar-refractivity contribution < 1.29 is 4.74 Å². The lowest BCUT2D eigenvalue weighted by Gasteiger charge is -2.07. The van der Waals surface area contributed by atoms with E-state index in [1.54, 1.807) is 12.4 Å². The number of pyridine rings is 1. The lowest BCUT2D eigenvalue weighted by atomic mass is 10.4. The van der Waals surface area contributed by atoms with Crippen LogP contribution in [0.2, 0.25) is 0 Å². The number of nitrogens with one attached hydrogen (secondary N) is 1. The molecule has 0 saturated carbocycles. The summed E-state index contributed by atoms with van der Waals surface area (Å²) in [5.74, 6) is 0.877. The quantitative estimate of drug-likeness (QED) is 0.739. The van der Waals surface area contributed by atoms with Crippen molar-refractivity contribution in [1.29, 1.82) is 0 Å². The fourth-order valence-corrected chi connectivity index (χ4v) is 1.61. The second-order valence-electron chi connectivity index (χ2n) is 2.63. The average Bonchev–Trinajstić information content (AvgIpc) is 2.30. The molecule has 0 bridgehead atoms. The number of anilines is 1. The van der Waals surface area contributed by atoms with Gasteiger partial charge in [0.05, 0.1) is 23.0 Å². The molecule has 0 amide bonds. The van der Waals surface area contributed by atoms with Crippen LogP contribution >= 0.6 is 15.9 Å². The van der Waals surface area contributed by atoms with Gasteiger partial charge in [-0.15, -0.1) is 0 Å². The van der Waals surface area contributed by atoms with Gasteiger partial charge >= 0.3 is 0 Å². The van der Waals surface area contributed by atoms with Gasteiger partial charge in [-0.05, 0) is 22.4 Å². The summed E-state index contributed by atoms with van der Waals surface area (Å²) in [7, 11) is 0. The number of halogens is 1. The third-order valence-corrected chi connectivity index (χ3v) is 2.30. The minimum Gasteiger partial charge on any atom is -0.490 e. The molecule has 0 saturated heterocycles. The molecule has 3 nitrogen and oxygen atoms in total. The Morgan fingerprint density at radius 3 is 3.33 bits per heavy atom. The molecule has 0 radical (unpaired) electrons. The van der Waals surface area contributed by atoms with Gasteiger partial charge in [-0.2, -0.15) is 0 Å². The van der Waals surface area contributed by atoms with Crippen LogP contribution in [0.25, 0.3) is 0 Å². The molecule has 0 fully saturated rings. The van der Waals surface area contributed by atoms with Crippen molar-refractivity contribution in [3.63, 3.8) is 0 Å². The van der Waals surface area contributed by atoms with Gasteiger partial charge in [0.2, 0.25) is 0 Å². The Labute approximate surface area is 79.3 Å². The number of aromatic nitrogens is 1. The Balaban J connectivity index is 2.42. The number of hydrogen-bond donors (Lipinski definition) is 1. The van der Waals surface area contributed by atoms with Crippen LogP contribution in [0.4, 0.5) is 5.69 Å². The standard InChI is InChI=1S/C8H9BrN2O/c9-6-4-10-5-7-8(6)12-3-1-2-11-7/h4-5,11H,1-3H2. The SMILES string of the molecule is Brc1cncc2c1OCCCN2. The summed E-state index contributed by atoms with van der Waals surface area (Å²) < 4.78 is 6.44. The van der Waals surface area contributed by atoms with Crippen molar-refractivity contribution in [2.45, 2.75) is 6.42 Å². The molecule has 4 heteroatoms. The van der Waals surface area contributed by atoms with E-state index < -0.39 is 0 Å². The molecule has 1 N–H and O–H groups in total. The van der Waals surface area contributed by atoms with Crippen LogP contribution in [0.3, 0.4) is 0 Å². The van der Waals surface area contributed by atoms with Gasteiger partial charge in [0, 0.05) is 12.7 Å². The van der Waals surface area contributed by atoms with Crippen molar-refractivity contribution in [1.82, 2.24) is 4.98 Å². The zero-order valence-electron chi connectivity index (χ0n) is 6.51. The van der Waals surface area contributed by atoms with E-state index in [1.807, 2.05) is 0 Å².